The van der Waals surface area contributed by atoms with E-state index < -0.39 is 15.7 Å². The fourth-order valence-corrected chi connectivity index (χ4v) is 4.66. The van der Waals surface area contributed by atoms with Gasteiger partial charge in [0.1, 0.15) is 0 Å². The van der Waals surface area contributed by atoms with Crippen molar-refractivity contribution in [1.82, 2.24) is 5.32 Å². The lowest BCUT2D eigenvalue weighted by Crippen LogP contribution is -2.49. The Morgan fingerprint density at radius 1 is 0.933 bits per heavy atom. The maximum atomic E-state index is 11.4. The Bertz CT molecular complexity index is 1190. The van der Waals surface area contributed by atoms with Crippen LogP contribution in [-0.4, -0.2) is 38.5 Å². The van der Waals surface area contributed by atoms with Gasteiger partial charge in [-0.05, 0) is 57.5 Å². The molecule has 0 heterocycles. The van der Waals surface area contributed by atoms with Crippen LogP contribution in [0.3, 0.4) is 0 Å². The number of rotatable bonds is 8. The first-order valence-electron chi connectivity index (χ1n) is 10.1. The van der Waals surface area contributed by atoms with Crippen molar-refractivity contribution < 1.29 is 17.7 Å². The molecule has 3 aromatic rings. The van der Waals surface area contributed by atoms with Crippen molar-refractivity contribution in [1.29, 1.82) is 0 Å². The summed E-state index contributed by atoms with van der Waals surface area (Å²) in [5.74, 6) is 0. The van der Waals surface area contributed by atoms with Gasteiger partial charge in [-0.3, -0.25) is 4.18 Å². The van der Waals surface area contributed by atoms with Gasteiger partial charge in [0.25, 0.3) is 10.1 Å². The molecule has 0 aromatic heterocycles. The topological polar surface area (TPSA) is 75.6 Å². The van der Waals surface area contributed by atoms with Crippen LogP contribution in [0.1, 0.15) is 25.0 Å². The highest BCUT2D eigenvalue weighted by Crippen LogP contribution is 2.48. The molecule has 1 aliphatic carbocycles. The first kappa shape index (κ1) is 21.0. The predicted molar refractivity (Wildman–Crippen MR) is 121 cm³/mol. The monoisotopic (exact) mass is 425 g/mol. The number of aliphatic hydroxyl groups excluding tert-OH is 1. The summed E-state index contributed by atoms with van der Waals surface area (Å²) in [6.45, 7) is 4.04. The highest BCUT2D eigenvalue weighted by atomic mass is 32.2. The van der Waals surface area contributed by atoms with Gasteiger partial charge >= 0.3 is 0 Å². The molecule has 1 aliphatic rings. The quantitative estimate of drug-likeness (QED) is 0.419. The molecular formula is C24H27NO4S. The van der Waals surface area contributed by atoms with Crippen LogP contribution in [-0.2, 0) is 27.3 Å². The number of benzene rings is 3. The van der Waals surface area contributed by atoms with Gasteiger partial charge in [-0.15, -0.1) is 0 Å². The van der Waals surface area contributed by atoms with Gasteiger partial charge in [0.2, 0.25) is 0 Å². The number of aliphatic hydroxyl groups is 1. The fourth-order valence-electron chi connectivity index (χ4n) is 4.18. The Hall–Kier alpha value is -2.25. The van der Waals surface area contributed by atoms with Gasteiger partial charge in [0.15, 0.2) is 0 Å². The molecule has 5 nitrogen and oxygen atoms in total. The van der Waals surface area contributed by atoms with E-state index in [1.165, 1.54) is 38.6 Å². The lowest BCUT2D eigenvalue weighted by Gasteiger charge is -2.28. The Morgan fingerprint density at radius 2 is 1.53 bits per heavy atom. The Labute approximate surface area is 177 Å². The molecule has 0 fully saturated rings. The number of hydrogen-bond donors (Lipinski definition) is 2. The first-order valence-corrected chi connectivity index (χ1v) is 12.0. The van der Waals surface area contributed by atoms with E-state index in [1.54, 1.807) is 6.92 Å². The summed E-state index contributed by atoms with van der Waals surface area (Å²) in [5.41, 5.74) is 6.54. The summed E-state index contributed by atoms with van der Waals surface area (Å²) < 4.78 is 27.7. The Kier molecular flexibility index (Phi) is 5.45. The second-order valence-corrected chi connectivity index (χ2v) is 9.88. The van der Waals surface area contributed by atoms with Gasteiger partial charge in [0, 0.05) is 6.54 Å². The summed E-state index contributed by atoms with van der Waals surface area (Å²) in [6.07, 6.45) is 1.93. The Morgan fingerprint density at radius 3 is 2.07 bits per heavy atom. The van der Waals surface area contributed by atoms with Crippen LogP contribution in [0, 0.1) is 0 Å². The van der Waals surface area contributed by atoms with Crippen molar-refractivity contribution in [3.8, 4) is 22.3 Å². The number of nitrogens with one attached hydrogen (secondary N) is 1. The largest absolute Gasteiger partial charge is 0.394 e. The van der Waals surface area contributed by atoms with Crippen molar-refractivity contribution >= 4 is 20.9 Å². The van der Waals surface area contributed by atoms with Crippen LogP contribution in [0.25, 0.3) is 33.0 Å². The van der Waals surface area contributed by atoms with Crippen molar-refractivity contribution in [2.75, 3.05) is 19.5 Å². The van der Waals surface area contributed by atoms with E-state index in [4.69, 9.17) is 4.18 Å². The van der Waals surface area contributed by atoms with E-state index in [9.17, 15) is 13.5 Å². The molecule has 2 N–H and O–H groups in total. The third kappa shape index (κ3) is 3.76. The molecule has 6 heteroatoms. The average Bonchev–Trinajstić information content (AvgIpc) is 3.07. The molecule has 30 heavy (non-hydrogen) atoms. The number of hydrogen-bond acceptors (Lipinski definition) is 5. The van der Waals surface area contributed by atoms with Crippen LogP contribution in [0.2, 0.25) is 0 Å². The average molecular weight is 426 g/mol. The zero-order valence-corrected chi connectivity index (χ0v) is 18.3. The molecule has 4 rings (SSSR count). The van der Waals surface area contributed by atoms with Gasteiger partial charge in [0.05, 0.1) is 25.0 Å². The van der Waals surface area contributed by atoms with Crippen molar-refractivity contribution in [3.05, 3.63) is 59.7 Å². The molecule has 0 saturated carbocycles. The van der Waals surface area contributed by atoms with E-state index in [2.05, 4.69) is 60.8 Å². The summed E-state index contributed by atoms with van der Waals surface area (Å²) in [4.78, 5) is 0. The maximum Gasteiger partial charge on any atom is 0.264 e. The minimum absolute atomic E-state index is 0.129. The third-order valence-corrected chi connectivity index (χ3v) is 6.41. The zero-order valence-electron chi connectivity index (χ0n) is 17.5. The highest BCUT2D eigenvalue weighted by molar-refractivity contribution is 7.85. The van der Waals surface area contributed by atoms with Crippen LogP contribution in [0.15, 0.2) is 48.5 Å². The standard InChI is InChI=1S/C24H27NO4S/c1-4-16-9-11-20-18-7-5-6-8-19(18)21-12-10-17(22(16)23(20)21)13-25-24(2,14-26)15-29-30(3,27)28/h5-12,25-26H,4,13-15H2,1-3H3. The van der Waals surface area contributed by atoms with E-state index in [1.807, 2.05) is 0 Å². The lowest BCUT2D eigenvalue weighted by atomic mass is 9.92. The summed E-state index contributed by atoms with van der Waals surface area (Å²) in [6, 6.07) is 17.2. The second-order valence-electron chi connectivity index (χ2n) is 8.23. The van der Waals surface area contributed by atoms with E-state index in [0.29, 0.717) is 6.54 Å². The molecule has 1 unspecified atom stereocenters. The second kappa shape index (κ2) is 7.78. The van der Waals surface area contributed by atoms with Gasteiger partial charge in [-0.1, -0.05) is 55.5 Å². The van der Waals surface area contributed by atoms with E-state index in [-0.39, 0.29) is 13.2 Å². The molecule has 0 aliphatic heterocycles. The van der Waals surface area contributed by atoms with E-state index >= 15 is 0 Å². The first-order chi connectivity index (χ1) is 14.3. The van der Waals surface area contributed by atoms with Gasteiger partial charge < -0.3 is 10.4 Å². The normalized spacial score (nSPS) is 14.7. The molecule has 0 radical (unpaired) electrons. The molecule has 0 spiro atoms. The number of aryl methyl sites for hydroxylation is 1. The molecular weight excluding hydrogens is 398 g/mol. The highest BCUT2D eigenvalue weighted by Gasteiger charge is 2.27. The zero-order chi connectivity index (χ0) is 21.5. The lowest BCUT2D eigenvalue weighted by molar-refractivity contribution is 0.118. The molecule has 0 amide bonds. The molecule has 3 aromatic carbocycles. The van der Waals surface area contributed by atoms with Gasteiger partial charge in [-0.2, -0.15) is 8.42 Å². The van der Waals surface area contributed by atoms with Crippen LogP contribution < -0.4 is 5.32 Å². The van der Waals surface area contributed by atoms with Crippen LogP contribution in [0.5, 0.6) is 0 Å². The predicted octanol–water partition coefficient (Wildman–Crippen LogP) is 3.87. The molecule has 0 bridgehead atoms. The molecule has 158 valence electrons. The van der Waals surface area contributed by atoms with Crippen LogP contribution >= 0.6 is 0 Å². The SMILES string of the molecule is CCc1ccc2c3c(ccc(CNC(C)(CO)COS(C)(=O)=O)c13)-c1ccccc1-2. The third-order valence-electron chi connectivity index (χ3n) is 5.87. The van der Waals surface area contributed by atoms with Crippen molar-refractivity contribution in [2.45, 2.75) is 32.4 Å². The fraction of sp³-hybridized carbons (Fsp3) is 0.333. The summed E-state index contributed by atoms with van der Waals surface area (Å²) >= 11 is 0. The minimum Gasteiger partial charge on any atom is -0.394 e. The summed E-state index contributed by atoms with van der Waals surface area (Å²) in [7, 11) is -3.58. The molecule has 1 atom stereocenters. The number of fused-ring (bicyclic) bond motifs is 3. The van der Waals surface area contributed by atoms with E-state index in [0.717, 1.165) is 18.2 Å². The smallest absolute Gasteiger partial charge is 0.264 e. The molecule has 0 saturated heterocycles. The van der Waals surface area contributed by atoms with Crippen LogP contribution in [0.4, 0.5) is 0 Å². The minimum atomic E-state index is -3.58. The van der Waals surface area contributed by atoms with Crippen molar-refractivity contribution in [2.24, 2.45) is 0 Å². The summed E-state index contributed by atoms with van der Waals surface area (Å²) in [5, 5.41) is 15.7. The maximum absolute atomic E-state index is 11.4. The Balaban J connectivity index is 1.74. The van der Waals surface area contributed by atoms with Gasteiger partial charge in [-0.25, -0.2) is 0 Å². The van der Waals surface area contributed by atoms with Crippen molar-refractivity contribution in [3.63, 3.8) is 0 Å².